The molecule has 2 aromatic carbocycles. The molecule has 1 fully saturated rings. The Labute approximate surface area is 203 Å². The molecule has 1 aliphatic heterocycles. The Morgan fingerprint density at radius 2 is 1.41 bits per heavy atom. The molecule has 0 bridgehead atoms. The van der Waals surface area contributed by atoms with Gasteiger partial charge < -0.3 is 23.8 Å². The largest absolute Gasteiger partial charge is 0.490 e. The number of carbonyl (C=O) groups excluding carboxylic acids is 1. The summed E-state index contributed by atoms with van der Waals surface area (Å²) < 4.78 is 23.4. The monoisotopic (exact) mass is 467 g/mol. The molecule has 1 heterocycles. The van der Waals surface area contributed by atoms with Crippen molar-refractivity contribution in [1.29, 1.82) is 0 Å². The first-order valence-electron chi connectivity index (χ1n) is 12.7. The molecule has 1 amide bonds. The molecule has 1 unspecified atom stereocenters. The van der Waals surface area contributed by atoms with Crippen LogP contribution in [0.15, 0.2) is 30.3 Å². The summed E-state index contributed by atoms with van der Waals surface area (Å²) in [7, 11) is 0. The molecule has 0 N–H and O–H groups in total. The van der Waals surface area contributed by atoms with E-state index in [2.05, 4.69) is 29.2 Å². The van der Waals surface area contributed by atoms with Gasteiger partial charge in [0.1, 0.15) is 0 Å². The molecule has 6 nitrogen and oxygen atoms in total. The number of nitrogens with zero attached hydrogens (tertiary/aromatic N) is 1. The van der Waals surface area contributed by atoms with Crippen molar-refractivity contribution in [2.75, 3.05) is 33.0 Å². The van der Waals surface area contributed by atoms with E-state index < -0.39 is 0 Å². The van der Waals surface area contributed by atoms with Gasteiger partial charge in [-0.15, -0.1) is 0 Å². The van der Waals surface area contributed by atoms with Gasteiger partial charge in [0.25, 0.3) is 0 Å². The highest BCUT2D eigenvalue weighted by molar-refractivity contribution is 5.82. The van der Waals surface area contributed by atoms with E-state index in [-0.39, 0.29) is 17.9 Å². The van der Waals surface area contributed by atoms with Crippen LogP contribution in [0.4, 0.5) is 0 Å². The number of hydrogen-bond acceptors (Lipinski definition) is 5. The third-order valence-corrected chi connectivity index (χ3v) is 6.41. The Morgan fingerprint density at radius 1 is 0.824 bits per heavy atom. The zero-order valence-electron chi connectivity index (χ0n) is 20.9. The van der Waals surface area contributed by atoms with E-state index in [1.54, 1.807) is 0 Å². The van der Waals surface area contributed by atoms with Crippen molar-refractivity contribution in [2.24, 2.45) is 5.92 Å². The van der Waals surface area contributed by atoms with Crippen molar-refractivity contribution >= 4 is 5.91 Å². The van der Waals surface area contributed by atoms with Gasteiger partial charge >= 0.3 is 0 Å². The molecule has 2 aromatic rings. The SMILES string of the molecule is CCOc1ccc(CC2c3cc(OCC)c(OCC)cc3CCN2C(=O)C2CC2)cc1OCC. The van der Waals surface area contributed by atoms with Gasteiger partial charge in [0.15, 0.2) is 23.0 Å². The Bertz CT molecular complexity index is 1000. The highest BCUT2D eigenvalue weighted by atomic mass is 16.5. The normalized spacial score (nSPS) is 17.2. The minimum absolute atomic E-state index is 0.0563. The smallest absolute Gasteiger partial charge is 0.226 e. The number of ether oxygens (including phenoxy) is 4. The minimum Gasteiger partial charge on any atom is -0.490 e. The third-order valence-electron chi connectivity index (χ3n) is 6.41. The Hall–Kier alpha value is -2.89. The van der Waals surface area contributed by atoms with E-state index in [9.17, 15) is 4.79 Å². The van der Waals surface area contributed by atoms with Crippen LogP contribution in [0.1, 0.15) is 63.3 Å². The van der Waals surface area contributed by atoms with Crippen molar-refractivity contribution in [3.05, 3.63) is 47.0 Å². The third kappa shape index (κ3) is 5.26. The molecule has 6 heteroatoms. The maximum Gasteiger partial charge on any atom is 0.226 e. The number of amides is 1. The molecule has 0 spiro atoms. The van der Waals surface area contributed by atoms with Gasteiger partial charge in [0.05, 0.1) is 32.5 Å². The second kappa shape index (κ2) is 11.0. The number of hydrogen-bond donors (Lipinski definition) is 0. The van der Waals surface area contributed by atoms with Crippen molar-refractivity contribution in [3.63, 3.8) is 0 Å². The number of fused-ring (bicyclic) bond motifs is 1. The standard InChI is InChI=1S/C28H37NO5/c1-5-31-24-12-9-19(16-25(24)32-6-2)15-23-22-18-27(34-8-4)26(33-7-3)17-21(22)13-14-29(23)28(30)20-10-11-20/h9,12,16-18,20,23H,5-8,10-11,13-15H2,1-4H3. The first-order chi connectivity index (χ1) is 16.6. The van der Waals surface area contributed by atoms with E-state index in [1.807, 2.05) is 33.8 Å². The molecular formula is C28H37NO5. The minimum atomic E-state index is -0.0563. The van der Waals surface area contributed by atoms with E-state index in [0.717, 1.165) is 59.9 Å². The summed E-state index contributed by atoms with van der Waals surface area (Å²) in [4.78, 5) is 15.4. The first-order valence-corrected chi connectivity index (χ1v) is 12.7. The molecule has 0 radical (unpaired) electrons. The second-order valence-corrected chi connectivity index (χ2v) is 8.79. The lowest BCUT2D eigenvalue weighted by Crippen LogP contribution is -2.41. The van der Waals surface area contributed by atoms with Crippen LogP contribution in [0.25, 0.3) is 0 Å². The second-order valence-electron chi connectivity index (χ2n) is 8.79. The number of benzene rings is 2. The van der Waals surface area contributed by atoms with Crippen LogP contribution in [-0.2, 0) is 17.6 Å². The molecule has 1 aliphatic carbocycles. The predicted octanol–water partition coefficient (Wildman–Crippen LogP) is 5.36. The van der Waals surface area contributed by atoms with Crippen LogP contribution in [0.3, 0.4) is 0 Å². The summed E-state index contributed by atoms with van der Waals surface area (Å²) in [5.74, 6) is 3.48. The molecular weight excluding hydrogens is 430 g/mol. The summed E-state index contributed by atoms with van der Waals surface area (Å²) in [5.41, 5.74) is 3.50. The predicted molar refractivity (Wildman–Crippen MR) is 132 cm³/mol. The van der Waals surface area contributed by atoms with Crippen LogP contribution in [0, 0.1) is 5.92 Å². The van der Waals surface area contributed by atoms with Gasteiger partial charge in [-0.05, 0) is 94.3 Å². The van der Waals surface area contributed by atoms with Gasteiger partial charge in [-0.1, -0.05) is 6.07 Å². The first kappa shape index (κ1) is 24.2. The lowest BCUT2D eigenvalue weighted by Gasteiger charge is -2.38. The van der Waals surface area contributed by atoms with Gasteiger partial charge in [-0.25, -0.2) is 0 Å². The summed E-state index contributed by atoms with van der Waals surface area (Å²) in [6.45, 7) is 10.9. The highest BCUT2D eigenvalue weighted by Crippen LogP contribution is 2.43. The molecule has 4 rings (SSSR count). The quantitative estimate of drug-likeness (QED) is 0.445. The van der Waals surface area contributed by atoms with Crippen molar-refractivity contribution < 1.29 is 23.7 Å². The van der Waals surface area contributed by atoms with Gasteiger partial charge in [0, 0.05) is 12.5 Å². The maximum absolute atomic E-state index is 13.3. The zero-order chi connectivity index (χ0) is 24.1. The molecule has 1 saturated carbocycles. The fourth-order valence-electron chi connectivity index (χ4n) is 4.74. The average molecular weight is 468 g/mol. The van der Waals surface area contributed by atoms with Crippen LogP contribution in [-0.4, -0.2) is 43.8 Å². The van der Waals surface area contributed by atoms with Crippen molar-refractivity contribution in [1.82, 2.24) is 4.90 Å². The summed E-state index contributed by atoms with van der Waals surface area (Å²) >= 11 is 0. The Balaban J connectivity index is 1.72. The van der Waals surface area contributed by atoms with Crippen molar-refractivity contribution in [3.8, 4) is 23.0 Å². The maximum atomic E-state index is 13.3. The van der Waals surface area contributed by atoms with Crippen molar-refractivity contribution in [2.45, 2.75) is 59.4 Å². The lowest BCUT2D eigenvalue weighted by atomic mass is 9.87. The molecule has 34 heavy (non-hydrogen) atoms. The van der Waals surface area contributed by atoms with E-state index in [1.165, 1.54) is 5.56 Å². The Morgan fingerprint density at radius 3 is 2.03 bits per heavy atom. The zero-order valence-corrected chi connectivity index (χ0v) is 20.9. The molecule has 0 aromatic heterocycles. The van der Waals surface area contributed by atoms with Gasteiger partial charge in [0.2, 0.25) is 5.91 Å². The summed E-state index contributed by atoms with van der Waals surface area (Å²) in [6.07, 6.45) is 3.53. The average Bonchev–Trinajstić information content (AvgIpc) is 3.67. The lowest BCUT2D eigenvalue weighted by molar-refractivity contribution is -0.135. The van der Waals surface area contributed by atoms with Crippen LogP contribution in [0.2, 0.25) is 0 Å². The summed E-state index contributed by atoms with van der Waals surface area (Å²) in [5, 5.41) is 0. The van der Waals surface area contributed by atoms with E-state index >= 15 is 0 Å². The molecule has 2 aliphatic rings. The van der Waals surface area contributed by atoms with E-state index in [0.29, 0.717) is 32.8 Å². The fourth-order valence-corrected chi connectivity index (χ4v) is 4.74. The fraction of sp³-hybridized carbons (Fsp3) is 0.536. The van der Waals surface area contributed by atoms with Gasteiger partial charge in [-0.2, -0.15) is 0 Å². The molecule has 1 atom stereocenters. The highest BCUT2D eigenvalue weighted by Gasteiger charge is 2.39. The Kier molecular flexibility index (Phi) is 7.86. The topological polar surface area (TPSA) is 57.2 Å². The number of carbonyl (C=O) groups is 1. The molecule has 184 valence electrons. The van der Waals surface area contributed by atoms with Crippen LogP contribution < -0.4 is 18.9 Å². The van der Waals surface area contributed by atoms with Gasteiger partial charge in [-0.3, -0.25) is 4.79 Å². The van der Waals surface area contributed by atoms with E-state index in [4.69, 9.17) is 18.9 Å². The van der Waals surface area contributed by atoms with Crippen LogP contribution >= 0.6 is 0 Å². The summed E-state index contributed by atoms with van der Waals surface area (Å²) in [6, 6.07) is 10.3. The molecule has 0 saturated heterocycles. The van der Waals surface area contributed by atoms with Crippen LogP contribution in [0.5, 0.6) is 23.0 Å². The number of rotatable bonds is 11.